The molecule has 2 heteroatoms. The fourth-order valence-corrected chi connectivity index (χ4v) is 0.532. The molecule has 0 spiro atoms. The van der Waals surface area contributed by atoms with Gasteiger partial charge in [0.05, 0.1) is 0 Å². The zero-order chi connectivity index (χ0) is 6.69. The van der Waals surface area contributed by atoms with Crippen molar-refractivity contribution in [2.45, 2.75) is 0 Å². The number of hydrogen-bond donors (Lipinski definition) is 1. The Morgan fingerprint density at radius 3 is 2.60 bits per heavy atom. The summed E-state index contributed by atoms with van der Waals surface area (Å²) in [4.78, 5) is 0. The first kappa shape index (κ1) is 9.86. The standard InChI is InChI=1S/C8H6O.Y/c1-2-7-3-5-8(9)6-4-7;/h1-3,5-6,9H;/q-2;. The van der Waals surface area contributed by atoms with Gasteiger partial charge in [-0.3, -0.25) is 0 Å². The summed E-state index contributed by atoms with van der Waals surface area (Å²) in [6.45, 7) is 5.16. The van der Waals surface area contributed by atoms with Crippen LogP contribution in [0.3, 0.4) is 0 Å². The van der Waals surface area contributed by atoms with E-state index in [-0.39, 0.29) is 38.5 Å². The zero-order valence-electron chi connectivity index (χ0n) is 5.41. The van der Waals surface area contributed by atoms with Gasteiger partial charge in [-0.15, -0.1) is 12.1 Å². The van der Waals surface area contributed by atoms with Gasteiger partial charge in [0.25, 0.3) is 0 Å². The topological polar surface area (TPSA) is 20.2 Å². The molecule has 0 heterocycles. The second-order valence-corrected chi connectivity index (χ2v) is 1.67. The van der Waals surface area contributed by atoms with Gasteiger partial charge in [-0.1, -0.05) is 0 Å². The van der Waals surface area contributed by atoms with E-state index < -0.39 is 0 Å². The maximum absolute atomic E-state index is 8.77. The van der Waals surface area contributed by atoms with Crippen LogP contribution in [0, 0.1) is 12.6 Å². The Morgan fingerprint density at radius 2 is 2.20 bits per heavy atom. The summed E-state index contributed by atoms with van der Waals surface area (Å²) in [5, 5.41) is 8.77. The van der Waals surface area contributed by atoms with E-state index in [1.807, 2.05) is 0 Å². The van der Waals surface area contributed by atoms with Crippen LogP contribution in [0.15, 0.2) is 18.2 Å². The van der Waals surface area contributed by atoms with Gasteiger partial charge in [-0.25, -0.2) is 12.1 Å². The van der Waals surface area contributed by atoms with E-state index in [1.54, 1.807) is 12.1 Å². The first-order valence-corrected chi connectivity index (χ1v) is 2.58. The summed E-state index contributed by atoms with van der Waals surface area (Å²) in [7, 11) is 0. The van der Waals surface area contributed by atoms with Gasteiger partial charge in [0.15, 0.2) is 0 Å². The van der Waals surface area contributed by atoms with Gasteiger partial charge in [0.1, 0.15) is 0 Å². The Kier molecular flexibility index (Phi) is 4.58. The van der Waals surface area contributed by atoms with E-state index in [4.69, 9.17) is 11.7 Å². The molecule has 0 unspecified atom stereocenters. The molecule has 0 aliphatic rings. The smallest absolute Gasteiger partial charge is 0.0290 e. The Bertz CT molecular complexity index is 203. The van der Waals surface area contributed by atoms with Crippen LogP contribution < -0.4 is 0 Å². The van der Waals surface area contributed by atoms with Crippen LogP contribution in [0.4, 0.5) is 0 Å². The minimum Gasteiger partial charge on any atom is -0.552 e. The van der Waals surface area contributed by atoms with Gasteiger partial charge in [-0.2, -0.15) is 0 Å². The number of benzene rings is 1. The third-order valence-corrected chi connectivity index (χ3v) is 1.000. The maximum atomic E-state index is 8.77. The van der Waals surface area contributed by atoms with E-state index in [1.165, 1.54) is 12.1 Å². The summed E-state index contributed by atoms with van der Waals surface area (Å²) in [5.41, 5.74) is 0.785. The van der Waals surface area contributed by atoms with Crippen molar-refractivity contribution in [3.05, 3.63) is 36.4 Å². The summed E-state index contributed by atoms with van der Waals surface area (Å²) in [6.07, 6.45) is 1.43. The van der Waals surface area contributed by atoms with Crippen molar-refractivity contribution in [3.63, 3.8) is 0 Å². The number of rotatable bonds is 1. The third kappa shape index (κ3) is 2.63. The van der Waals surface area contributed by atoms with Crippen LogP contribution >= 0.6 is 0 Å². The predicted octanol–water partition coefficient (Wildman–Crippen LogP) is 1.64. The van der Waals surface area contributed by atoms with E-state index in [0.717, 1.165) is 5.56 Å². The fraction of sp³-hybridized carbons (Fsp3) is 0. The molecule has 0 amide bonds. The number of hydrogen-bond acceptors (Lipinski definition) is 1. The maximum Gasteiger partial charge on any atom is 0.0290 e. The van der Waals surface area contributed by atoms with Crippen LogP contribution in [0.1, 0.15) is 5.56 Å². The van der Waals surface area contributed by atoms with E-state index in [2.05, 4.69) is 6.07 Å². The van der Waals surface area contributed by atoms with Crippen molar-refractivity contribution in [1.29, 1.82) is 0 Å². The van der Waals surface area contributed by atoms with Crippen molar-refractivity contribution in [1.82, 2.24) is 0 Å². The van der Waals surface area contributed by atoms with Crippen molar-refractivity contribution in [2.75, 3.05) is 0 Å². The monoisotopic (exact) mass is 207 g/mol. The minimum absolute atomic E-state index is 0. The van der Waals surface area contributed by atoms with Gasteiger partial charge < -0.3 is 23.3 Å². The molecule has 1 aromatic rings. The Morgan fingerprint density at radius 1 is 1.50 bits per heavy atom. The van der Waals surface area contributed by atoms with Crippen molar-refractivity contribution in [2.24, 2.45) is 0 Å². The molecule has 1 nitrogen and oxygen atoms in total. The molecule has 0 aliphatic heterocycles. The molecule has 0 fully saturated rings. The summed E-state index contributed by atoms with van der Waals surface area (Å²) < 4.78 is 0. The Balaban J connectivity index is 0.000000810. The van der Waals surface area contributed by atoms with Crippen LogP contribution in [0.5, 0.6) is 5.75 Å². The summed E-state index contributed by atoms with van der Waals surface area (Å²) >= 11 is 0. The molecule has 10 heavy (non-hydrogen) atoms. The Hall–Kier alpha value is -0.136. The predicted molar refractivity (Wildman–Crippen MR) is 35.7 cm³/mol. The van der Waals surface area contributed by atoms with Gasteiger partial charge in [0.2, 0.25) is 0 Å². The number of phenols is 1. The molecule has 0 saturated heterocycles. The molecule has 1 radical (unpaired) electrons. The molecule has 0 bridgehead atoms. The second-order valence-electron chi connectivity index (χ2n) is 1.67. The minimum atomic E-state index is 0. The molecule has 49 valence electrons. The largest absolute Gasteiger partial charge is 0.552 e. The molecular formula is C8H6OY-2. The first-order chi connectivity index (χ1) is 4.33. The summed E-state index contributed by atoms with van der Waals surface area (Å²) in [6, 6.07) is 7.48. The van der Waals surface area contributed by atoms with E-state index in [0.29, 0.717) is 0 Å². The van der Waals surface area contributed by atoms with Gasteiger partial charge in [-0.05, 0) is 0 Å². The van der Waals surface area contributed by atoms with Crippen molar-refractivity contribution in [3.8, 4) is 5.75 Å². The average Bonchev–Trinajstić information content (AvgIpc) is 1.90. The Labute approximate surface area is 85.6 Å². The van der Waals surface area contributed by atoms with Crippen LogP contribution in [-0.4, -0.2) is 5.11 Å². The molecule has 0 saturated carbocycles. The number of phenolic OH excluding ortho intramolecular Hbond substituents is 1. The first-order valence-electron chi connectivity index (χ1n) is 2.58. The molecule has 1 aromatic carbocycles. The van der Waals surface area contributed by atoms with Crippen LogP contribution in [0.2, 0.25) is 0 Å². The molecule has 0 aliphatic carbocycles. The molecule has 0 atom stereocenters. The summed E-state index contributed by atoms with van der Waals surface area (Å²) in [5.74, 6) is 0.209. The van der Waals surface area contributed by atoms with Crippen LogP contribution in [0.25, 0.3) is 6.08 Å². The third-order valence-electron chi connectivity index (χ3n) is 1.000. The molecule has 0 aromatic heterocycles. The SMILES string of the molecule is [CH-]=Cc1[c-]cc(O)cc1.[Y]. The van der Waals surface area contributed by atoms with Crippen LogP contribution in [-0.2, 0) is 32.7 Å². The van der Waals surface area contributed by atoms with Crippen molar-refractivity contribution < 1.29 is 37.8 Å². The quantitative estimate of drug-likeness (QED) is 0.694. The number of aromatic hydroxyl groups is 1. The molecule has 1 rings (SSSR count). The fourth-order valence-electron chi connectivity index (χ4n) is 0.532. The average molecular weight is 207 g/mol. The van der Waals surface area contributed by atoms with E-state index in [9.17, 15) is 0 Å². The van der Waals surface area contributed by atoms with Gasteiger partial charge >= 0.3 is 0 Å². The molecule has 1 N–H and O–H groups in total. The van der Waals surface area contributed by atoms with Gasteiger partial charge in [0, 0.05) is 38.5 Å². The molecular weight excluding hydrogens is 201 g/mol. The second kappa shape index (κ2) is 4.64. The van der Waals surface area contributed by atoms with Crippen molar-refractivity contribution >= 4 is 6.08 Å². The normalized spacial score (nSPS) is 8.00. The van der Waals surface area contributed by atoms with E-state index >= 15 is 0 Å². The zero-order valence-corrected chi connectivity index (χ0v) is 8.25.